The minimum Gasteiger partial charge on any atom is -0.399 e. The third-order valence-electron chi connectivity index (χ3n) is 4.43. The van der Waals surface area contributed by atoms with Crippen molar-refractivity contribution in [2.24, 2.45) is 0 Å². The lowest BCUT2D eigenvalue weighted by Gasteiger charge is -2.35. The first-order valence-electron chi connectivity index (χ1n) is 8.16. The highest BCUT2D eigenvalue weighted by atomic mass is 19.1. The van der Waals surface area contributed by atoms with E-state index in [0.29, 0.717) is 48.6 Å². The predicted octanol–water partition coefficient (Wildman–Crippen LogP) is 2.31. The fraction of sp³-hybridized carbons (Fsp3) is 0.263. The van der Waals surface area contributed by atoms with Crippen molar-refractivity contribution in [2.75, 3.05) is 31.9 Å². The molecule has 1 aliphatic rings. The highest BCUT2D eigenvalue weighted by molar-refractivity contribution is 5.96. The van der Waals surface area contributed by atoms with Crippen molar-refractivity contribution in [1.82, 2.24) is 9.80 Å². The summed E-state index contributed by atoms with van der Waals surface area (Å²) in [6.45, 7) is 3.40. The molecular weight excluding hydrogens is 321 g/mol. The molecule has 1 saturated heterocycles. The lowest BCUT2D eigenvalue weighted by molar-refractivity contribution is 0.0535. The lowest BCUT2D eigenvalue weighted by Crippen LogP contribution is -2.50. The summed E-state index contributed by atoms with van der Waals surface area (Å²) in [5.74, 6) is -0.671. The first-order chi connectivity index (χ1) is 12.0. The van der Waals surface area contributed by atoms with Crippen LogP contribution < -0.4 is 5.73 Å². The molecule has 1 aliphatic heterocycles. The van der Waals surface area contributed by atoms with Gasteiger partial charge in [-0.2, -0.15) is 0 Å². The average molecular weight is 341 g/mol. The molecule has 2 aromatic rings. The van der Waals surface area contributed by atoms with Crippen LogP contribution in [0, 0.1) is 12.7 Å². The fourth-order valence-electron chi connectivity index (χ4n) is 2.83. The molecule has 25 heavy (non-hydrogen) atoms. The van der Waals surface area contributed by atoms with Gasteiger partial charge >= 0.3 is 0 Å². The molecule has 0 saturated carbocycles. The number of amides is 2. The molecule has 0 unspecified atom stereocenters. The molecule has 0 aliphatic carbocycles. The van der Waals surface area contributed by atoms with E-state index in [-0.39, 0.29) is 17.6 Å². The molecule has 0 aromatic heterocycles. The van der Waals surface area contributed by atoms with Crippen molar-refractivity contribution < 1.29 is 14.0 Å². The van der Waals surface area contributed by atoms with Gasteiger partial charge in [0.25, 0.3) is 11.8 Å². The normalized spacial score (nSPS) is 14.5. The maximum absolute atomic E-state index is 13.7. The molecule has 1 fully saturated rings. The number of hydrogen-bond donors (Lipinski definition) is 1. The van der Waals surface area contributed by atoms with E-state index in [0.717, 1.165) is 0 Å². The molecule has 2 amide bonds. The van der Waals surface area contributed by atoms with Gasteiger partial charge in [0, 0.05) is 43.0 Å². The molecule has 130 valence electrons. The summed E-state index contributed by atoms with van der Waals surface area (Å²) in [6.07, 6.45) is 0. The minimum atomic E-state index is -0.386. The van der Waals surface area contributed by atoms with Gasteiger partial charge in [-0.05, 0) is 48.9 Å². The van der Waals surface area contributed by atoms with Crippen molar-refractivity contribution in [2.45, 2.75) is 6.92 Å². The molecule has 6 heteroatoms. The van der Waals surface area contributed by atoms with Gasteiger partial charge < -0.3 is 15.5 Å². The van der Waals surface area contributed by atoms with E-state index >= 15 is 0 Å². The van der Waals surface area contributed by atoms with Crippen LogP contribution >= 0.6 is 0 Å². The van der Waals surface area contributed by atoms with Crippen LogP contribution in [0.4, 0.5) is 10.1 Å². The van der Waals surface area contributed by atoms with E-state index in [1.807, 2.05) is 0 Å². The highest BCUT2D eigenvalue weighted by Gasteiger charge is 2.25. The molecule has 0 radical (unpaired) electrons. The van der Waals surface area contributed by atoms with Gasteiger partial charge in [-0.1, -0.05) is 6.07 Å². The second-order valence-corrected chi connectivity index (χ2v) is 6.17. The van der Waals surface area contributed by atoms with Crippen molar-refractivity contribution in [3.05, 3.63) is 65.0 Å². The van der Waals surface area contributed by atoms with E-state index in [4.69, 9.17) is 5.73 Å². The smallest absolute Gasteiger partial charge is 0.254 e. The van der Waals surface area contributed by atoms with Crippen LogP contribution in [0.25, 0.3) is 0 Å². The number of nitrogens with two attached hydrogens (primary N) is 1. The fourth-order valence-corrected chi connectivity index (χ4v) is 2.83. The van der Waals surface area contributed by atoms with Gasteiger partial charge in [0.15, 0.2) is 0 Å². The zero-order chi connectivity index (χ0) is 18.0. The summed E-state index contributed by atoms with van der Waals surface area (Å²) in [6, 6.07) is 11.3. The Labute approximate surface area is 145 Å². The summed E-state index contributed by atoms with van der Waals surface area (Å²) >= 11 is 0. The molecule has 0 bridgehead atoms. The largest absolute Gasteiger partial charge is 0.399 e. The maximum Gasteiger partial charge on any atom is 0.254 e. The number of halogens is 1. The Balaban J connectivity index is 1.63. The van der Waals surface area contributed by atoms with Gasteiger partial charge in [-0.25, -0.2) is 4.39 Å². The third kappa shape index (κ3) is 3.63. The van der Waals surface area contributed by atoms with Crippen LogP contribution in [0.3, 0.4) is 0 Å². The summed E-state index contributed by atoms with van der Waals surface area (Å²) in [7, 11) is 0. The summed E-state index contributed by atoms with van der Waals surface area (Å²) in [4.78, 5) is 28.3. The van der Waals surface area contributed by atoms with E-state index in [1.54, 1.807) is 53.1 Å². The Morgan fingerprint density at radius 3 is 1.88 bits per heavy atom. The van der Waals surface area contributed by atoms with E-state index in [9.17, 15) is 14.0 Å². The lowest BCUT2D eigenvalue weighted by atomic mass is 10.1. The average Bonchev–Trinajstić information content (AvgIpc) is 2.63. The number of rotatable bonds is 2. The van der Waals surface area contributed by atoms with Crippen LogP contribution in [-0.4, -0.2) is 47.8 Å². The quantitative estimate of drug-likeness (QED) is 0.853. The number of anilines is 1. The van der Waals surface area contributed by atoms with Crippen molar-refractivity contribution >= 4 is 17.5 Å². The van der Waals surface area contributed by atoms with Gasteiger partial charge in [0.05, 0.1) is 0 Å². The molecule has 1 heterocycles. The van der Waals surface area contributed by atoms with Crippen LogP contribution in [-0.2, 0) is 0 Å². The Hall–Kier alpha value is -2.89. The van der Waals surface area contributed by atoms with Crippen LogP contribution in [0.15, 0.2) is 42.5 Å². The SMILES string of the molecule is Cc1ccc(C(=O)N2CCN(C(=O)c3ccc(N)cc3)CC2)cc1F. The van der Waals surface area contributed by atoms with Crippen molar-refractivity contribution in [3.8, 4) is 0 Å². The van der Waals surface area contributed by atoms with Crippen LogP contribution in [0.5, 0.6) is 0 Å². The monoisotopic (exact) mass is 341 g/mol. The summed E-state index contributed by atoms with van der Waals surface area (Å²) in [5.41, 5.74) is 7.67. The number of nitrogen functional groups attached to an aromatic ring is 1. The van der Waals surface area contributed by atoms with Crippen LogP contribution in [0.2, 0.25) is 0 Å². The number of carbonyl (C=O) groups is 2. The molecule has 2 N–H and O–H groups in total. The predicted molar refractivity (Wildman–Crippen MR) is 93.8 cm³/mol. The minimum absolute atomic E-state index is 0.0755. The van der Waals surface area contributed by atoms with Crippen molar-refractivity contribution in [1.29, 1.82) is 0 Å². The molecule has 0 atom stereocenters. The molecule has 5 nitrogen and oxygen atoms in total. The van der Waals surface area contributed by atoms with Crippen molar-refractivity contribution in [3.63, 3.8) is 0 Å². The number of nitrogens with zero attached hydrogens (tertiary/aromatic N) is 2. The number of benzene rings is 2. The van der Waals surface area contributed by atoms with E-state index in [1.165, 1.54) is 6.07 Å². The van der Waals surface area contributed by atoms with Gasteiger partial charge in [-0.15, -0.1) is 0 Å². The molecule has 0 spiro atoms. The van der Waals surface area contributed by atoms with Gasteiger partial charge in [0.1, 0.15) is 5.82 Å². The summed E-state index contributed by atoms with van der Waals surface area (Å²) < 4.78 is 13.7. The zero-order valence-corrected chi connectivity index (χ0v) is 14.0. The number of hydrogen-bond acceptors (Lipinski definition) is 3. The second-order valence-electron chi connectivity index (χ2n) is 6.17. The Bertz CT molecular complexity index is 797. The molecular formula is C19H20FN3O2. The number of piperazine rings is 1. The van der Waals surface area contributed by atoms with Gasteiger partial charge in [-0.3, -0.25) is 9.59 Å². The Kier molecular flexibility index (Phi) is 4.70. The standard InChI is InChI=1S/C19H20FN3O2/c1-13-2-3-15(12-17(13)20)19(25)23-10-8-22(9-11-23)18(24)14-4-6-16(21)7-5-14/h2-7,12H,8-11,21H2,1H3. The molecule has 3 rings (SSSR count). The van der Waals surface area contributed by atoms with Crippen LogP contribution in [0.1, 0.15) is 26.3 Å². The topological polar surface area (TPSA) is 66.6 Å². The third-order valence-corrected chi connectivity index (χ3v) is 4.43. The second kappa shape index (κ2) is 6.93. The van der Waals surface area contributed by atoms with Gasteiger partial charge in [0.2, 0.25) is 0 Å². The van der Waals surface area contributed by atoms with E-state index < -0.39 is 0 Å². The number of carbonyl (C=O) groups excluding carboxylic acids is 2. The number of aryl methyl sites for hydroxylation is 1. The first-order valence-corrected chi connectivity index (χ1v) is 8.16. The maximum atomic E-state index is 13.7. The Morgan fingerprint density at radius 1 is 0.880 bits per heavy atom. The highest BCUT2D eigenvalue weighted by Crippen LogP contribution is 2.15. The molecule has 2 aromatic carbocycles. The zero-order valence-electron chi connectivity index (χ0n) is 14.0. The first kappa shape index (κ1) is 17.0. The summed E-state index contributed by atoms with van der Waals surface area (Å²) in [5, 5.41) is 0. The van der Waals surface area contributed by atoms with E-state index in [2.05, 4.69) is 0 Å². The Morgan fingerprint density at radius 2 is 1.36 bits per heavy atom.